The summed E-state index contributed by atoms with van der Waals surface area (Å²) in [6, 6.07) is 18.5. The fourth-order valence-corrected chi connectivity index (χ4v) is 2.14. The van der Waals surface area contributed by atoms with Gasteiger partial charge in [-0.1, -0.05) is 60.7 Å². The first-order valence-corrected chi connectivity index (χ1v) is 7.17. The van der Waals surface area contributed by atoms with Gasteiger partial charge in [0.2, 0.25) is 5.91 Å². The van der Waals surface area contributed by atoms with Crippen LogP contribution in [-0.4, -0.2) is 18.5 Å². The molecule has 0 fully saturated rings. The SMILES string of the molecule is CC(=O)NC(COC(=O)Cc1ccccc1)c1ccccc1. The zero-order valence-corrected chi connectivity index (χ0v) is 12.5. The number of hydrogen-bond acceptors (Lipinski definition) is 3. The third kappa shape index (κ3) is 5.05. The molecule has 0 radical (unpaired) electrons. The van der Waals surface area contributed by atoms with Gasteiger partial charge in [-0.05, 0) is 11.1 Å². The molecule has 1 unspecified atom stereocenters. The molecule has 2 rings (SSSR count). The summed E-state index contributed by atoms with van der Waals surface area (Å²) in [5.74, 6) is -0.467. The standard InChI is InChI=1S/C18H19NO3/c1-14(20)19-17(16-10-6-3-7-11-16)13-22-18(21)12-15-8-4-2-5-9-15/h2-11,17H,12-13H2,1H3,(H,19,20). The minimum atomic E-state index is -0.335. The molecule has 0 saturated heterocycles. The first-order valence-electron chi connectivity index (χ1n) is 7.17. The molecule has 1 atom stereocenters. The van der Waals surface area contributed by atoms with Gasteiger partial charge in [-0.2, -0.15) is 0 Å². The van der Waals surface area contributed by atoms with Crippen LogP contribution in [-0.2, 0) is 20.7 Å². The van der Waals surface area contributed by atoms with Gasteiger partial charge in [-0.25, -0.2) is 0 Å². The summed E-state index contributed by atoms with van der Waals surface area (Å²) in [4.78, 5) is 23.2. The van der Waals surface area contributed by atoms with Crippen LogP contribution in [0.15, 0.2) is 60.7 Å². The van der Waals surface area contributed by atoms with E-state index in [1.165, 1.54) is 6.92 Å². The van der Waals surface area contributed by atoms with E-state index in [4.69, 9.17) is 4.74 Å². The third-order valence-corrected chi connectivity index (χ3v) is 3.18. The molecule has 1 N–H and O–H groups in total. The summed E-state index contributed by atoms with van der Waals surface area (Å²) in [5, 5.41) is 2.80. The monoisotopic (exact) mass is 297 g/mol. The van der Waals surface area contributed by atoms with Crippen LogP contribution < -0.4 is 5.32 Å². The van der Waals surface area contributed by atoms with Crippen LogP contribution in [0, 0.1) is 0 Å². The van der Waals surface area contributed by atoms with E-state index in [0.29, 0.717) is 0 Å². The fourth-order valence-electron chi connectivity index (χ4n) is 2.14. The Labute approximate surface area is 130 Å². The highest BCUT2D eigenvalue weighted by atomic mass is 16.5. The molecule has 114 valence electrons. The summed E-state index contributed by atoms with van der Waals surface area (Å²) in [6.07, 6.45) is 0.225. The van der Waals surface area contributed by atoms with Gasteiger partial charge in [0.1, 0.15) is 6.61 Å². The lowest BCUT2D eigenvalue weighted by molar-refractivity contribution is -0.144. The topological polar surface area (TPSA) is 55.4 Å². The number of esters is 1. The van der Waals surface area contributed by atoms with E-state index in [9.17, 15) is 9.59 Å². The van der Waals surface area contributed by atoms with Crippen molar-refractivity contribution in [3.05, 3.63) is 71.8 Å². The second-order valence-corrected chi connectivity index (χ2v) is 5.01. The number of benzene rings is 2. The summed E-state index contributed by atoms with van der Waals surface area (Å²) in [5.41, 5.74) is 1.81. The van der Waals surface area contributed by atoms with E-state index in [0.717, 1.165) is 11.1 Å². The van der Waals surface area contributed by atoms with E-state index in [1.807, 2.05) is 60.7 Å². The van der Waals surface area contributed by atoms with Crippen LogP contribution in [0.5, 0.6) is 0 Å². The molecule has 2 aromatic carbocycles. The van der Waals surface area contributed by atoms with Crippen molar-refractivity contribution in [2.75, 3.05) is 6.61 Å². The Balaban J connectivity index is 1.93. The van der Waals surface area contributed by atoms with E-state index in [-0.39, 0.29) is 30.9 Å². The first kappa shape index (κ1) is 15.8. The zero-order valence-electron chi connectivity index (χ0n) is 12.5. The molecular formula is C18H19NO3. The average molecular weight is 297 g/mol. The first-order chi connectivity index (χ1) is 10.6. The Morgan fingerprint density at radius 3 is 2.18 bits per heavy atom. The van der Waals surface area contributed by atoms with Gasteiger partial charge in [0, 0.05) is 6.92 Å². The minimum absolute atomic E-state index is 0.120. The molecule has 0 aliphatic heterocycles. The predicted molar refractivity (Wildman–Crippen MR) is 84.1 cm³/mol. The van der Waals surface area contributed by atoms with E-state index in [1.54, 1.807) is 0 Å². The lowest BCUT2D eigenvalue weighted by Gasteiger charge is -2.18. The number of amides is 1. The van der Waals surface area contributed by atoms with Gasteiger partial charge in [0.25, 0.3) is 0 Å². The van der Waals surface area contributed by atoms with Crippen molar-refractivity contribution in [1.82, 2.24) is 5.32 Å². The average Bonchev–Trinajstić information content (AvgIpc) is 2.53. The lowest BCUT2D eigenvalue weighted by atomic mass is 10.1. The number of nitrogens with one attached hydrogen (secondary N) is 1. The fraction of sp³-hybridized carbons (Fsp3) is 0.222. The molecule has 0 bridgehead atoms. The molecule has 0 aliphatic carbocycles. The molecule has 0 spiro atoms. The molecule has 22 heavy (non-hydrogen) atoms. The van der Waals surface area contributed by atoms with Crippen LogP contribution in [0.2, 0.25) is 0 Å². The number of ether oxygens (including phenoxy) is 1. The maximum atomic E-state index is 11.9. The second kappa shape index (κ2) is 7.98. The molecule has 4 heteroatoms. The number of carbonyl (C=O) groups is 2. The minimum Gasteiger partial charge on any atom is -0.463 e. The maximum absolute atomic E-state index is 11.9. The van der Waals surface area contributed by atoms with E-state index < -0.39 is 0 Å². The normalized spacial score (nSPS) is 11.5. The van der Waals surface area contributed by atoms with Crippen molar-refractivity contribution in [2.24, 2.45) is 0 Å². The number of carbonyl (C=O) groups excluding carboxylic acids is 2. The summed E-state index contributed by atoms with van der Waals surface area (Å²) in [7, 11) is 0. The predicted octanol–water partition coefficient (Wildman–Crippen LogP) is 2.65. The van der Waals surface area contributed by atoms with Gasteiger partial charge in [-0.15, -0.1) is 0 Å². The van der Waals surface area contributed by atoms with Crippen molar-refractivity contribution in [2.45, 2.75) is 19.4 Å². The lowest BCUT2D eigenvalue weighted by Crippen LogP contribution is -2.30. The van der Waals surface area contributed by atoms with Gasteiger partial charge in [-0.3, -0.25) is 9.59 Å². The summed E-state index contributed by atoms with van der Waals surface area (Å²) in [6.45, 7) is 1.57. The molecular weight excluding hydrogens is 278 g/mol. The number of rotatable bonds is 6. The Hall–Kier alpha value is -2.62. The Kier molecular flexibility index (Phi) is 5.72. The second-order valence-electron chi connectivity index (χ2n) is 5.01. The van der Waals surface area contributed by atoms with Gasteiger partial charge in [0.15, 0.2) is 0 Å². The van der Waals surface area contributed by atoms with Crippen LogP contribution in [0.25, 0.3) is 0 Å². The molecule has 0 heterocycles. The zero-order chi connectivity index (χ0) is 15.8. The Morgan fingerprint density at radius 2 is 1.59 bits per heavy atom. The smallest absolute Gasteiger partial charge is 0.310 e. The van der Waals surface area contributed by atoms with Crippen LogP contribution in [0.3, 0.4) is 0 Å². The highest BCUT2D eigenvalue weighted by molar-refractivity contribution is 5.74. The summed E-state index contributed by atoms with van der Waals surface area (Å²) >= 11 is 0. The van der Waals surface area contributed by atoms with Crippen LogP contribution >= 0.6 is 0 Å². The van der Waals surface area contributed by atoms with Crippen molar-refractivity contribution in [3.8, 4) is 0 Å². The molecule has 4 nitrogen and oxygen atoms in total. The van der Waals surface area contributed by atoms with Crippen LogP contribution in [0.1, 0.15) is 24.1 Å². The van der Waals surface area contributed by atoms with E-state index >= 15 is 0 Å². The molecule has 0 aliphatic rings. The van der Waals surface area contributed by atoms with Crippen molar-refractivity contribution in [1.29, 1.82) is 0 Å². The Bertz CT molecular complexity index is 611. The van der Waals surface area contributed by atoms with E-state index in [2.05, 4.69) is 5.32 Å². The van der Waals surface area contributed by atoms with Crippen molar-refractivity contribution in [3.63, 3.8) is 0 Å². The van der Waals surface area contributed by atoms with Crippen molar-refractivity contribution >= 4 is 11.9 Å². The highest BCUT2D eigenvalue weighted by Gasteiger charge is 2.15. The van der Waals surface area contributed by atoms with Crippen LogP contribution in [0.4, 0.5) is 0 Å². The third-order valence-electron chi connectivity index (χ3n) is 3.18. The quantitative estimate of drug-likeness (QED) is 0.834. The molecule has 0 saturated carbocycles. The van der Waals surface area contributed by atoms with Gasteiger partial charge in [0.05, 0.1) is 12.5 Å². The molecule has 1 amide bonds. The van der Waals surface area contributed by atoms with Crippen molar-refractivity contribution < 1.29 is 14.3 Å². The maximum Gasteiger partial charge on any atom is 0.310 e. The van der Waals surface area contributed by atoms with Gasteiger partial charge < -0.3 is 10.1 Å². The Morgan fingerprint density at radius 1 is 1.00 bits per heavy atom. The molecule has 2 aromatic rings. The number of hydrogen-bond donors (Lipinski definition) is 1. The highest BCUT2D eigenvalue weighted by Crippen LogP contribution is 2.13. The van der Waals surface area contributed by atoms with Gasteiger partial charge >= 0.3 is 5.97 Å². The largest absolute Gasteiger partial charge is 0.463 e. The molecule has 0 aromatic heterocycles. The summed E-state index contributed by atoms with van der Waals surface area (Å²) < 4.78 is 5.31.